The summed E-state index contributed by atoms with van der Waals surface area (Å²) < 4.78 is 25.7. The molecule has 0 amide bonds. The van der Waals surface area contributed by atoms with E-state index in [1.54, 1.807) is 13.8 Å². The normalized spacial score (nSPS) is 14.2. The van der Waals surface area contributed by atoms with Gasteiger partial charge in [-0.05, 0) is 13.8 Å². The van der Waals surface area contributed by atoms with E-state index in [1.807, 2.05) is 0 Å². The Morgan fingerprint density at radius 1 is 1.71 bits per heavy atom. The fourth-order valence-corrected chi connectivity index (χ4v) is 2.52. The fourth-order valence-electron chi connectivity index (χ4n) is 0.970. The van der Waals surface area contributed by atoms with Gasteiger partial charge in [-0.1, -0.05) is 0 Å². The Balaban J connectivity index is 2.92. The summed E-state index contributed by atoms with van der Waals surface area (Å²) in [7, 11) is -3.49. The van der Waals surface area contributed by atoms with E-state index < -0.39 is 10.0 Å². The number of hydrogen-bond donors (Lipinski definition) is 2. The maximum absolute atomic E-state index is 11.7. The van der Waals surface area contributed by atoms with E-state index in [-0.39, 0.29) is 16.8 Å². The molecular formula is C7H12ClN3O2S. The number of aromatic amines is 1. The second-order valence-electron chi connectivity index (χ2n) is 3.04. The Kier molecular flexibility index (Phi) is 3.52. The third-order valence-corrected chi connectivity index (χ3v) is 3.83. The molecule has 80 valence electrons. The van der Waals surface area contributed by atoms with Gasteiger partial charge < -0.3 is 0 Å². The van der Waals surface area contributed by atoms with Gasteiger partial charge >= 0.3 is 0 Å². The molecule has 1 aromatic rings. The van der Waals surface area contributed by atoms with E-state index in [9.17, 15) is 8.42 Å². The van der Waals surface area contributed by atoms with Crippen molar-refractivity contribution in [1.82, 2.24) is 14.9 Å². The summed E-state index contributed by atoms with van der Waals surface area (Å²) in [6.07, 6.45) is 1.28. The second-order valence-corrected chi connectivity index (χ2v) is 5.03. The molecule has 7 heteroatoms. The van der Waals surface area contributed by atoms with Crippen molar-refractivity contribution in [3.8, 4) is 0 Å². The van der Waals surface area contributed by atoms with Crippen LogP contribution in [0, 0.1) is 6.92 Å². The number of alkyl halides is 1. The van der Waals surface area contributed by atoms with Gasteiger partial charge in [0, 0.05) is 11.9 Å². The molecule has 0 spiro atoms. The molecule has 1 unspecified atom stereocenters. The highest BCUT2D eigenvalue weighted by Gasteiger charge is 2.20. The van der Waals surface area contributed by atoms with Crippen molar-refractivity contribution in [3.05, 3.63) is 11.9 Å². The molecule has 2 N–H and O–H groups in total. The first-order chi connectivity index (χ1) is 6.47. The van der Waals surface area contributed by atoms with Crippen molar-refractivity contribution < 1.29 is 8.42 Å². The molecule has 0 bridgehead atoms. The third-order valence-electron chi connectivity index (χ3n) is 1.66. The molecule has 1 heterocycles. The molecule has 0 fully saturated rings. The molecule has 1 rings (SSSR count). The minimum absolute atomic E-state index is 0.162. The third kappa shape index (κ3) is 2.46. The van der Waals surface area contributed by atoms with Crippen LogP contribution in [-0.4, -0.2) is 30.5 Å². The smallest absolute Gasteiger partial charge is 0.244 e. The molecule has 0 aliphatic carbocycles. The lowest BCUT2D eigenvalue weighted by Crippen LogP contribution is -2.33. The van der Waals surface area contributed by atoms with Crippen molar-refractivity contribution in [2.24, 2.45) is 0 Å². The first-order valence-corrected chi connectivity index (χ1v) is 6.07. The van der Waals surface area contributed by atoms with Crippen molar-refractivity contribution in [2.75, 3.05) is 5.88 Å². The molecule has 5 nitrogen and oxygen atoms in total. The summed E-state index contributed by atoms with van der Waals surface area (Å²) in [5.74, 6) is 0.232. The number of aromatic nitrogens is 2. The summed E-state index contributed by atoms with van der Waals surface area (Å²) in [6.45, 7) is 3.34. The van der Waals surface area contributed by atoms with Crippen LogP contribution in [0.3, 0.4) is 0 Å². The van der Waals surface area contributed by atoms with Crippen LogP contribution in [0.2, 0.25) is 0 Å². The highest BCUT2D eigenvalue weighted by Crippen LogP contribution is 2.11. The molecular weight excluding hydrogens is 226 g/mol. The second kappa shape index (κ2) is 4.29. The van der Waals surface area contributed by atoms with Crippen LogP contribution >= 0.6 is 11.6 Å². The Morgan fingerprint density at radius 3 is 2.79 bits per heavy atom. The lowest BCUT2D eigenvalue weighted by molar-refractivity contribution is 0.570. The van der Waals surface area contributed by atoms with Gasteiger partial charge in [-0.3, -0.25) is 5.10 Å². The van der Waals surface area contributed by atoms with Crippen molar-refractivity contribution in [3.63, 3.8) is 0 Å². The van der Waals surface area contributed by atoms with Crippen LogP contribution in [-0.2, 0) is 10.0 Å². The van der Waals surface area contributed by atoms with Gasteiger partial charge in [0.05, 0.1) is 11.9 Å². The number of nitrogens with one attached hydrogen (secondary N) is 2. The maximum atomic E-state index is 11.7. The minimum Gasteiger partial charge on any atom is -0.281 e. The van der Waals surface area contributed by atoms with Crippen LogP contribution < -0.4 is 4.72 Å². The quantitative estimate of drug-likeness (QED) is 0.754. The largest absolute Gasteiger partial charge is 0.281 e. The van der Waals surface area contributed by atoms with Crippen LogP contribution in [0.25, 0.3) is 0 Å². The molecule has 0 radical (unpaired) electrons. The maximum Gasteiger partial charge on any atom is 0.244 e. The SMILES string of the molecule is Cc1[nH]ncc1S(=O)(=O)NC(C)CCl. The number of aryl methyl sites for hydroxylation is 1. The summed E-state index contributed by atoms with van der Waals surface area (Å²) >= 11 is 5.51. The van der Waals surface area contributed by atoms with Gasteiger partial charge in [0.15, 0.2) is 0 Å². The van der Waals surface area contributed by atoms with Crippen LogP contribution in [0.15, 0.2) is 11.1 Å². The van der Waals surface area contributed by atoms with E-state index in [0.717, 1.165) is 0 Å². The lowest BCUT2D eigenvalue weighted by Gasteiger charge is -2.09. The molecule has 0 saturated carbocycles. The van der Waals surface area contributed by atoms with Crippen LogP contribution in [0.5, 0.6) is 0 Å². The molecule has 0 aliphatic heterocycles. The average Bonchev–Trinajstić information content (AvgIpc) is 2.51. The number of nitrogens with zero attached hydrogens (tertiary/aromatic N) is 1. The van der Waals surface area contributed by atoms with Crippen LogP contribution in [0.4, 0.5) is 0 Å². The standard InChI is InChI=1S/C7H12ClN3O2S/c1-5(3-8)11-14(12,13)7-4-9-10-6(7)2/h4-5,11H,3H2,1-2H3,(H,9,10). The van der Waals surface area contributed by atoms with Gasteiger partial charge in [-0.2, -0.15) is 5.10 Å². The minimum atomic E-state index is -3.49. The topological polar surface area (TPSA) is 74.8 Å². The number of halogens is 1. The lowest BCUT2D eigenvalue weighted by atomic mass is 10.4. The molecule has 1 atom stereocenters. The molecule has 14 heavy (non-hydrogen) atoms. The predicted molar refractivity (Wildman–Crippen MR) is 53.8 cm³/mol. The fraction of sp³-hybridized carbons (Fsp3) is 0.571. The Bertz CT molecular complexity index is 401. The number of rotatable bonds is 4. The van der Waals surface area contributed by atoms with Gasteiger partial charge in [0.2, 0.25) is 10.0 Å². The van der Waals surface area contributed by atoms with E-state index in [0.29, 0.717) is 5.69 Å². The summed E-state index contributed by atoms with van der Waals surface area (Å²) in [4.78, 5) is 0.162. The zero-order valence-corrected chi connectivity index (χ0v) is 9.48. The predicted octanol–water partition coefficient (Wildman–Crippen LogP) is 0.624. The molecule has 1 aromatic heterocycles. The van der Waals surface area contributed by atoms with E-state index in [4.69, 9.17) is 11.6 Å². The van der Waals surface area contributed by atoms with Crippen molar-refractivity contribution in [1.29, 1.82) is 0 Å². The highest BCUT2D eigenvalue weighted by atomic mass is 35.5. The molecule has 0 saturated heterocycles. The zero-order valence-electron chi connectivity index (χ0n) is 7.91. The number of hydrogen-bond acceptors (Lipinski definition) is 3. The van der Waals surface area contributed by atoms with Gasteiger partial charge in [0.25, 0.3) is 0 Å². The number of H-pyrrole nitrogens is 1. The average molecular weight is 238 g/mol. The summed E-state index contributed by atoms with van der Waals surface area (Å²) in [5, 5.41) is 6.21. The Hall–Kier alpha value is -0.590. The zero-order chi connectivity index (χ0) is 10.8. The van der Waals surface area contributed by atoms with Gasteiger partial charge in [0.1, 0.15) is 4.90 Å². The molecule has 0 aromatic carbocycles. The van der Waals surface area contributed by atoms with Crippen molar-refractivity contribution in [2.45, 2.75) is 24.8 Å². The monoisotopic (exact) mass is 237 g/mol. The van der Waals surface area contributed by atoms with E-state index in [1.165, 1.54) is 6.20 Å². The number of sulfonamides is 1. The molecule has 0 aliphatic rings. The first kappa shape index (κ1) is 11.5. The summed E-state index contributed by atoms with van der Waals surface area (Å²) in [5.41, 5.74) is 0.513. The van der Waals surface area contributed by atoms with Crippen molar-refractivity contribution >= 4 is 21.6 Å². The summed E-state index contributed by atoms with van der Waals surface area (Å²) in [6, 6.07) is -0.295. The Morgan fingerprint density at radius 2 is 2.36 bits per heavy atom. The van der Waals surface area contributed by atoms with E-state index in [2.05, 4.69) is 14.9 Å². The van der Waals surface area contributed by atoms with Crippen LogP contribution in [0.1, 0.15) is 12.6 Å². The Labute approximate surface area is 87.9 Å². The van der Waals surface area contributed by atoms with Gasteiger partial charge in [-0.25, -0.2) is 13.1 Å². The first-order valence-electron chi connectivity index (χ1n) is 4.05. The highest BCUT2D eigenvalue weighted by molar-refractivity contribution is 7.89. The van der Waals surface area contributed by atoms with Gasteiger partial charge in [-0.15, -0.1) is 11.6 Å². The van der Waals surface area contributed by atoms with E-state index >= 15 is 0 Å².